The molecule has 10 nitrogen and oxygen atoms in total. The van der Waals surface area contributed by atoms with Crippen LogP contribution in [0.15, 0.2) is 30.6 Å². The van der Waals surface area contributed by atoms with Gasteiger partial charge in [0.05, 0.1) is 24.0 Å². The van der Waals surface area contributed by atoms with E-state index in [4.69, 9.17) is 8.85 Å². The highest BCUT2D eigenvalue weighted by molar-refractivity contribution is 5.98. The number of ether oxygens (including phenoxy) is 1. The van der Waals surface area contributed by atoms with Crippen LogP contribution in [0.4, 0.5) is 30.4 Å². The standard InChI is InChI=1S/C21H23F3N8O2/c1-25-20(33)16-14(9-15(29-30-16)28-18(11-7-8-11)21(22,23)24)27-13-6-4-5-12(17(13)34-3)19-26-10-32(2)31-19/h4-6,9-11,18H,7-8H2,1-3H3,(H,25,33)(H2,27,28,29)/i1D3. The number of amides is 1. The van der Waals surface area contributed by atoms with Crippen molar-refractivity contribution in [2.75, 3.05) is 24.7 Å². The zero-order valence-corrected chi connectivity index (χ0v) is 18.1. The number of alkyl halides is 3. The molecule has 34 heavy (non-hydrogen) atoms. The summed E-state index contributed by atoms with van der Waals surface area (Å²) in [6.07, 6.45) is -2.20. The largest absolute Gasteiger partial charge is 0.494 e. The number of carbonyl (C=O) groups excluding carboxylic acids is 1. The van der Waals surface area contributed by atoms with Crippen molar-refractivity contribution < 1.29 is 26.8 Å². The zero-order valence-electron chi connectivity index (χ0n) is 21.1. The second-order valence-electron chi connectivity index (χ2n) is 7.70. The van der Waals surface area contributed by atoms with Crippen molar-refractivity contribution in [1.29, 1.82) is 0 Å². The Bertz CT molecular complexity index is 1290. The van der Waals surface area contributed by atoms with Crippen molar-refractivity contribution in [3.8, 4) is 17.1 Å². The van der Waals surface area contributed by atoms with E-state index in [-0.39, 0.29) is 17.3 Å². The van der Waals surface area contributed by atoms with Crippen LogP contribution in [0.2, 0.25) is 0 Å². The third-order valence-electron chi connectivity index (χ3n) is 5.20. The lowest BCUT2D eigenvalue weighted by Crippen LogP contribution is -2.38. The fourth-order valence-corrected chi connectivity index (χ4v) is 3.48. The van der Waals surface area contributed by atoms with E-state index in [2.05, 4.69) is 30.9 Å². The molecule has 2 aromatic heterocycles. The summed E-state index contributed by atoms with van der Waals surface area (Å²) >= 11 is 0. The monoisotopic (exact) mass is 479 g/mol. The normalized spacial score (nSPS) is 16.1. The number of benzene rings is 1. The van der Waals surface area contributed by atoms with Gasteiger partial charge in [0, 0.05) is 24.2 Å². The van der Waals surface area contributed by atoms with Gasteiger partial charge in [-0.05, 0) is 30.9 Å². The van der Waals surface area contributed by atoms with Crippen LogP contribution in [0.25, 0.3) is 11.4 Å². The van der Waals surface area contributed by atoms with E-state index in [1.54, 1.807) is 25.2 Å². The summed E-state index contributed by atoms with van der Waals surface area (Å²) in [6.45, 7) is -2.83. The molecule has 180 valence electrons. The van der Waals surface area contributed by atoms with E-state index < -0.39 is 36.7 Å². The summed E-state index contributed by atoms with van der Waals surface area (Å²) in [4.78, 5) is 16.9. The third kappa shape index (κ3) is 4.87. The number of hydrogen-bond donors (Lipinski definition) is 3. The molecule has 1 atom stereocenters. The lowest BCUT2D eigenvalue weighted by Gasteiger charge is -2.22. The van der Waals surface area contributed by atoms with Crippen molar-refractivity contribution in [3.05, 3.63) is 36.3 Å². The number of para-hydroxylation sites is 1. The van der Waals surface area contributed by atoms with Crippen molar-refractivity contribution in [1.82, 2.24) is 30.3 Å². The fraction of sp³-hybridized carbons (Fsp3) is 0.381. The molecule has 0 spiro atoms. The van der Waals surface area contributed by atoms with Crippen LogP contribution in [0, 0.1) is 5.92 Å². The minimum atomic E-state index is -4.53. The molecule has 4 rings (SSSR count). The number of rotatable bonds is 8. The molecular weight excluding hydrogens is 453 g/mol. The molecule has 1 unspecified atom stereocenters. The second-order valence-corrected chi connectivity index (χ2v) is 7.70. The van der Waals surface area contributed by atoms with E-state index in [1.165, 1.54) is 18.1 Å². The highest BCUT2D eigenvalue weighted by Gasteiger charge is 2.49. The van der Waals surface area contributed by atoms with Crippen LogP contribution >= 0.6 is 0 Å². The van der Waals surface area contributed by atoms with Crippen LogP contribution in [0.5, 0.6) is 5.75 Å². The number of anilines is 3. The second kappa shape index (κ2) is 9.15. The average Bonchev–Trinajstić information content (AvgIpc) is 3.54. The number of aromatic nitrogens is 5. The SMILES string of the molecule is [2H]C([2H])([2H])NC(=O)c1nnc(NC(C2CC2)C(F)(F)F)cc1Nc1cccc(-c2ncn(C)n2)c1OC. The lowest BCUT2D eigenvalue weighted by molar-refractivity contribution is -0.146. The molecule has 3 aromatic rings. The summed E-state index contributed by atoms with van der Waals surface area (Å²) in [5, 5.41) is 18.8. The van der Waals surface area contributed by atoms with Crippen LogP contribution in [0.1, 0.15) is 27.4 Å². The van der Waals surface area contributed by atoms with E-state index >= 15 is 0 Å². The molecule has 0 bridgehead atoms. The first kappa shape index (κ1) is 19.6. The van der Waals surface area contributed by atoms with Gasteiger partial charge in [-0.3, -0.25) is 9.48 Å². The predicted octanol–water partition coefficient (Wildman–Crippen LogP) is 3.14. The molecule has 1 aromatic carbocycles. The minimum Gasteiger partial charge on any atom is -0.494 e. The van der Waals surface area contributed by atoms with Gasteiger partial charge in [0.2, 0.25) is 0 Å². The number of nitrogens with zero attached hydrogens (tertiary/aromatic N) is 5. The Balaban J connectivity index is 1.74. The van der Waals surface area contributed by atoms with Gasteiger partial charge in [-0.1, -0.05) is 6.07 Å². The number of nitrogens with one attached hydrogen (secondary N) is 3. The maximum absolute atomic E-state index is 13.6. The molecule has 2 heterocycles. The summed E-state index contributed by atoms with van der Waals surface area (Å²) in [6, 6.07) is 4.26. The number of hydrogen-bond acceptors (Lipinski definition) is 8. The van der Waals surface area contributed by atoms with Gasteiger partial charge in [0.25, 0.3) is 5.91 Å². The fourth-order valence-electron chi connectivity index (χ4n) is 3.48. The molecule has 0 radical (unpaired) electrons. The number of carbonyl (C=O) groups is 1. The third-order valence-corrected chi connectivity index (χ3v) is 5.20. The van der Waals surface area contributed by atoms with Gasteiger partial charge in [-0.2, -0.15) is 18.3 Å². The van der Waals surface area contributed by atoms with Crippen molar-refractivity contribution in [2.45, 2.75) is 25.1 Å². The smallest absolute Gasteiger partial charge is 0.408 e. The molecule has 1 amide bonds. The lowest BCUT2D eigenvalue weighted by atomic mass is 10.1. The van der Waals surface area contributed by atoms with Crippen LogP contribution in [0.3, 0.4) is 0 Å². The van der Waals surface area contributed by atoms with Gasteiger partial charge >= 0.3 is 6.18 Å². The average molecular weight is 479 g/mol. The van der Waals surface area contributed by atoms with Crippen molar-refractivity contribution >= 4 is 23.1 Å². The first-order valence-corrected chi connectivity index (χ1v) is 10.2. The molecule has 1 aliphatic carbocycles. The molecule has 1 saturated carbocycles. The summed E-state index contributed by atoms with van der Waals surface area (Å²) in [5.74, 6) is -1.33. The number of methoxy groups -OCH3 is 1. The topological polar surface area (TPSA) is 119 Å². The Morgan fingerprint density at radius 3 is 2.71 bits per heavy atom. The number of halogens is 3. The predicted molar refractivity (Wildman–Crippen MR) is 118 cm³/mol. The Morgan fingerprint density at radius 1 is 1.29 bits per heavy atom. The van der Waals surface area contributed by atoms with Gasteiger partial charge < -0.3 is 20.7 Å². The van der Waals surface area contributed by atoms with Crippen LogP contribution < -0.4 is 20.7 Å². The Kier molecular flexibility index (Phi) is 5.27. The first-order chi connectivity index (χ1) is 17.4. The summed E-state index contributed by atoms with van der Waals surface area (Å²) < 4.78 is 69.6. The van der Waals surface area contributed by atoms with Crippen molar-refractivity contribution in [3.63, 3.8) is 0 Å². The minimum absolute atomic E-state index is 0.0969. The maximum atomic E-state index is 13.6. The zero-order chi connectivity index (χ0) is 27.0. The first-order valence-electron chi connectivity index (χ1n) is 11.7. The van der Waals surface area contributed by atoms with E-state index in [0.29, 0.717) is 29.9 Å². The molecular formula is C21H23F3N8O2. The van der Waals surface area contributed by atoms with Gasteiger partial charge in [0.1, 0.15) is 12.4 Å². The Labute approximate surface area is 197 Å². The van der Waals surface area contributed by atoms with Crippen LogP contribution in [-0.4, -0.2) is 57.2 Å². The molecule has 0 aliphatic heterocycles. The molecule has 3 N–H and O–H groups in total. The highest BCUT2D eigenvalue weighted by atomic mass is 19.4. The van der Waals surface area contributed by atoms with Gasteiger partial charge in [0.15, 0.2) is 23.1 Å². The highest BCUT2D eigenvalue weighted by Crippen LogP contribution is 2.42. The van der Waals surface area contributed by atoms with Gasteiger partial charge in [-0.25, -0.2) is 4.98 Å². The summed E-state index contributed by atoms with van der Waals surface area (Å²) in [5.41, 5.74) is 0.247. The van der Waals surface area contributed by atoms with E-state index in [0.717, 1.165) is 6.07 Å². The molecule has 0 saturated heterocycles. The quantitative estimate of drug-likeness (QED) is 0.451. The molecule has 13 heteroatoms. The molecule has 1 aliphatic rings. The van der Waals surface area contributed by atoms with E-state index in [1.807, 2.05) is 5.32 Å². The maximum Gasteiger partial charge on any atom is 0.408 e. The van der Waals surface area contributed by atoms with Crippen LogP contribution in [-0.2, 0) is 7.05 Å². The molecule has 1 fully saturated rings. The number of aryl methyl sites for hydroxylation is 1. The van der Waals surface area contributed by atoms with Crippen molar-refractivity contribution in [2.24, 2.45) is 13.0 Å². The van der Waals surface area contributed by atoms with Gasteiger partial charge in [-0.15, -0.1) is 10.2 Å². The van der Waals surface area contributed by atoms with E-state index in [9.17, 15) is 18.0 Å². The Morgan fingerprint density at radius 2 is 2.09 bits per heavy atom. The Hall–Kier alpha value is -3.90. The summed E-state index contributed by atoms with van der Waals surface area (Å²) in [7, 11) is 3.09.